The zero-order valence-electron chi connectivity index (χ0n) is 16.8. The second-order valence-corrected chi connectivity index (χ2v) is 8.19. The molecule has 0 saturated heterocycles. The van der Waals surface area contributed by atoms with Crippen molar-refractivity contribution in [2.45, 2.75) is 70.4 Å². The van der Waals surface area contributed by atoms with Gasteiger partial charge in [-0.1, -0.05) is 50.3 Å². The lowest BCUT2D eigenvalue weighted by molar-refractivity contribution is 0.0977. The predicted octanol–water partition coefficient (Wildman–Crippen LogP) is 5.44. The number of likely N-dealkylation sites (N-methyl/N-ethyl adjacent to an activating group) is 1. The van der Waals surface area contributed by atoms with E-state index in [0.717, 1.165) is 30.7 Å². The van der Waals surface area contributed by atoms with Crippen LogP contribution in [0.25, 0.3) is 0 Å². The fraction of sp³-hybridized carbons (Fsp3) is 0.727. The third kappa shape index (κ3) is 7.45. The van der Waals surface area contributed by atoms with E-state index in [-0.39, 0.29) is 24.8 Å². The number of halogens is 2. The van der Waals surface area contributed by atoms with Crippen molar-refractivity contribution in [3.63, 3.8) is 0 Å². The molecule has 5 heteroatoms. The van der Waals surface area contributed by atoms with Gasteiger partial charge in [0, 0.05) is 25.2 Å². The first-order chi connectivity index (χ1) is 12.3. The molecule has 0 aromatic heterocycles. The number of nitrogens with two attached hydrogens (primary N) is 1. The fourth-order valence-corrected chi connectivity index (χ4v) is 4.80. The summed E-state index contributed by atoms with van der Waals surface area (Å²) in [4.78, 5) is 2.27. The van der Waals surface area contributed by atoms with E-state index >= 15 is 0 Å². The number of hydrogen-bond acceptors (Lipinski definition) is 3. The van der Waals surface area contributed by atoms with Crippen LogP contribution in [-0.4, -0.2) is 31.1 Å². The van der Waals surface area contributed by atoms with Crippen LogP contribution >= 0.6 is 24.8 Å². The van der Waals surface area contributed by atoms with E-state index in [1.165, 1.54) is 63.4 Å². The lowest BCUT2D eigenvalue weighted by Gasteiger charge is -2.36. The molecule has 0 amide bonds. The van der Waals surface area contributed by atoms with Gasteiger partial charge >= 0.3 is 0 Å². The molecular weight excluding hydrogens is 379 g/mol. The highest BCUT2D eigenvalue weighted by atomic mass is 35.5. The molecular formula is C22H38Cl2N2O. The van der Waals surface area contributed by atoms with Crippen molar-refractivity contribution in [1.29, 1.82) is 0 Å². The first-order valence-corrected chi connectivity index (χ1v) is 10.4. The van der Waals surface area contributed by atoms with Gasteiger partial charge in [0.25, 0.3) is 0 Å². The average Bonchev–Trinajstić information content (AvgIpc) is 2.65. The summed E-state index contributed by atoms with van der Waals surface area (Å²) in [5, 5.41) is 0. The van der Waals surface area contributed by atoms with Gasteiger partial charge in [-0.2, -0.15) is 0 Å². The Bertz CT molecular complexity index is 515. The van der Waals surface area contributed by atoms with Crippen molar-refractivity contribution in [2.24, 2.45) is 17.6 Å². The van der Waals surface area contributed by atoms with Gasteiger partial charge < -0.3 is 15.4 Å². The predicted molar refractivity (Wildman–Crippen MR) is 119 cm³/mol. The van der Waals surface area contributed by atoms with Crippen LogP contribution < -0.4 is 10.5 Å². The smallest absolute Gasteiger partial charge is 0.124 e. The lowest BCUT2D eigenvalue weighted by Crippen LogP contribution is -2.29. The van der Waals surface area contributed by atoms with Crippen molar-refractivity contribution in [1.82, 2.24) is 4.90 Å². The highest BCUT2D eigenvalue weighted by molar-refractivity contribution is 5.85. The Balaban J connectivity index is 0.00000182. The Kier molecular flexibility index (Phi) is 11.7. The molecule has 1 aromatic rings. The molecule has 2 saturated carbocycles. The molecule has 27 heavy (non-hydrogen) atoms. The zero-order chi connectivity index (χ0) is 17.5. The molecule has 0 radical (unpaired) electrons. The van der Waals surface area contributed by atoms with Gasteiger partial charge in [0.2, 0.25) is 0 Å². The fourth-order valence-electron chi connectivity index (χ4n) is 4.80. The molecule has 0 heterocycles. The maximum absolute atomic E-state index is 6.44. The lowest BCUT2D eigenvalue weighted by atomic mass is 9.73. The van der Waals surface area contributed by atoms with Gasteiger partial charge in [-0.05, 0) is 50.6 Å². The van der Waals surface area contributed by atoms with Crippen LogP contribution in [0.15, 0.2) is 24.3 Å². The summed E-state index contributed by atoms with van der Waals surface area (Å²) in [6.07, 6.45) is 12.9. The molecule has 0 spiro atoms. The van der Waals surface area contributed by atoms with Gasteiger partial charge in [-0.3, -0.25) is 0 Å². The average molecular weight is 417 g/mol. The van der Waals surface area contributed by atoms with Crippen LogP contribution in [0.2, 0.25) is 0 Å². The molecule has 3 nitrogen and oxygen atoms in total. The van der Waals surface area contributed by atoms with Gasteiger partial charge in [0.1, 0.15) is 5.75 Å². The number of nitrogens with zero attached hydrogens (tertiary/aromatic N) is 1. The van der Waals surface area contributed by atoms with E-state index in [0.29, 0.717) is 12.6 Å². The second kappa shape index (κ2) is 12.9. The maximum Gasteiger partial charge on any atom is 0.124 e. The van der Waals surface area contributed by atoms with E-state index in [1.807, 2.05) is 0 Å². The number of para-hydroxylation sites is 1. The summed E-state index contributed by atoms with van der Waals surface area (Å²) in [6.45, 7) is 2.52. The van der Waals surface area contributed by atoms with Crippen LogP contribution in [0.3, 0.4) is 0 Å². The Hall–Kier alpha value is -0.480. The van der Waals surface area contributed by atoms with Crippen molar-refractivity contribution in [3.8, 4) is 5.75 Å². The molecule has 0 aliphatic heterocycles. The monoisotopic (exact) mass is 416 g/mol. The van der Waals surface area contributed by atoms with Gasteiger partial charge in [0.15, 0.2) is 0 Å². The first-order valence-electron chi connectivity index (χ1n) is 10.4. The van der Waals surface area contributed by atoms with Crippen LogP contribution in [0, 0.1) is 11.8 Å². The largest absolute Gasteiger partial charge is 0.490 e. The molecule has 0 bridgehead atoms. The summed E-state index contributed by atoms with van der Waals surface area (Å²) < 4.78 is 6.44. The van der Waals surface area contributed by atoms with Crippen LogP contribution in [0.1, 0.15) is 63.4 Å². The summed E-state index contributed by atoms with van der Waals surface area (Å²) in [5.41, 5.74) is 6.96. The molecule has 0 unspecified atom stereocenters. The van der Waals surface area contributed by atoms with Gasteiger partial charge in [0.05, 0.1) is 6.10 Å². The number of hydrogen-bond donors (Lipinski definition) is 1. The van der Waals surface area contributed by atoms with Crippen molar-refractivity contribution in [2.75, 3.05) is 20.1 Å². The van der Waals surface area contributed by atoms with E-state index < -0.39 is 0 Å². The van der Waals surface area contributed by atoms with Gasteiger partial charge in [-0.25, -0.2) is 0 Å². The van der Waals surface area contributed by atoms with Crippen LogP contribution in [-0.2, 0) is 6.54 Å². The van der Waals surface area contributed by atoms with Gasteiger partial charge in [-0.15, -0.1) is 24.8 Å². The molecule has 0 atom stereocenters. The van der Waals surface area contributed by atoms with Crippen LogP contribution in [0.4, 0.5) is 0 Å². The van der Waals surface area contributed by atoms with E-state index in [1.54, 1.807) is 0 Å². The third-order valence-electron chi connectivity index (χ3n) is 6.25. The first kappa shape index (κ1) is 24.6. The minimum atomic E-state index is 0. The maximum atomic E-state index is 6.44. The van der Waals surface area contributed by atoms with Crippen molar-refractivity contribution in [3.05, 3.63) is 29.8 Å². The molecule has 3 rings (SSSR count). The molecule has 2 N–H and O–H groups in total. The summed E-state index contributed by atoms with van der Waals surface area (Å²) >= 11 is 0. The second-order valence-electron chi connectivity index (χ2n) is 8.19. The Labute approximate surface area is 178 Å². The molecule has 2 aliphatic carbocycles. The summed E-state index contributed by atoms with van der Waals surface area (Å²) in [7, 11) is 2.12. The van der Waals surface area contributed by atoms with E-state index in [4.69, 9.17) is 10.5 Å². The van der Waals surface area contributed by atoms with Crippen molar-refractivity contribution < 1.29 is 4.74 Å². The molecule has 1 aromatic carbocycles. The van der Waals surface area contributed by atoms with E-state index in [2.05, 4.69) is 36.2 Å². The quantitative estimate of drug-likeness (QED) is 0.642. The summed E-state index contributed by atoms with van der Waals surface area (Å²) in [6, 6.07) is 8.53. The van der Waals surface area contributed by atoms with Crippen LogP contribution in [0.5, 0.6) is 5.75 Å². The van der Waals surface area contributed by atoms with Crippen molar-refractivity contribution >= 4 is 24.8 Å². The minimum Gasteiger partial charge on any atom is -0.490 e. The zero-order valence-corrected chi connectivity index (χ0v) is 18.4. The normalized spacial score (nSPS) is 23.4. The highest BCUT2D eigenvalue weighted by Gasteiger charge is 2.29. The Morgan fingerprint density at radius 3 is 2.22 bits per heavy atom. The topological polar surface area (TPSA) is 38.5 Å². The molecule has 2 fully saturated rings. The van der Waals surface area contributed by atoms with E-state index in [9.17, 15) is 0 Å². The standard InChI is InChI=1S/C22H36N2O.2ClH/c1-24(16-15-23)17-20-9-5-6-10-22(20)25-21-13-11-19(12-14-21)18-7-3-2-4-8-18;;/h5-6,9-10,18-19,21H,2-4,7-8,11-17,23H2,1H3;2*1H. The number of rotatable bonds is 7. The SMILES string of the molecule is CN(CCN)Cc1ccccc1OC1CCC(C2CCCCC2)CC1.Cl.Cl. The number of ether oxygens (including phenoxy) is 1. The molecule has 156 valence electrons. The Morgan fingerprint density at radius 1 is 0.926 bits per heavy atom. The minimum absolute atomic E-state index is 0. The Morgan fingerprint density at radius 2 is 1.56 bits per heavy atom. The summed E-state index contributed by atoms with van der Waals surface area (Å²) in [5.74, 6) is 3.05. The third-order valence-corrected chi connectivity index (χ3v) is 6.25. The number of benzene rings is 1. The molecule has 2 aliphatic rings. The highest BCUT2D eigenvalue weighted by Crippen LogP contribution is 2.39.